The summed E-state index contributed by atoms with van der Waals surface area (Å²) in [5.74, 6) is 4.91. The molecule has 324 valence electrons. The second-order valence-electron chi connectivity index (χ2n) is 21.8. The largest absolute Gasteiger partial charge is 0.341 e. The molecular weight excluding hydrogens is 699 g/mol. The molecule has 1 aromatic heterocycles. The first-order chi connectivity index (χ1) is 25.9. The molecular formula is C46H87N7O3. The minimum Gasteiger partial charge on any atom is -0.341 e. The van der Waals surface area contributed by atoms with Crippen LogP contribution < -0.4 is 4.90 Å². The van der Waals surface area contributed by atoms with E-state index in [1.807, 2.05) is 14.2 Å². The maximum Gasteiger partial charge on any atom is 0.228 e. The van der Waals surface area contributed by atoms with Crippen molar-refractivity contribution >= 4 is 5.95 Å². The third-order valence-corrected chi connectivity index (χ3v) is 14.2. The number of nitrogens with zero attached hydrogens (tertiary/aromatic N) is 7. The summed E-state index contributed by atoms with van der Waals surface area (Å²) in [5.41, 5.74) is -0.377. The molecule has 56 heavy (non-hydrogen) atoms. The Bertz CT molecular complexity index is 1360. The zero-order valence-electron chi connectivity index (χ0n) is 39.6. The van der Waals surface area contributed by atoms with E-state index in [0.29, 0.717) is 5.92 Å². The van der Waals surface area contributed by atoms with Crippen LogP contribution >= 0.6 is 0 Å². The van der Waals surface area contributed by atoms with E-state index in [1.165, 1.54) is 51.4 Å². The van der Waals surface area contributed by atoms with E-state index in [0.717, 1.165) is 68.0 Å². The van der Waals surface area contributed by atoms with Gasteiger partial charge in [0.25, 0.3) is 0 Å². The average Bonchev–Trinajstić information content (AvgIpc) is 3.06. The monoisotopic (exact) mass is 786 g/mol. The van der Waals surface area contributed by atoms with Crippen molar-refractivity contribution in [3.05, 3.63) is 11.6 Å². The summed E-state index contributed by atoms with van der Waals surface area (Å²) in [6.45, 7) is 32.5. The molecule has 0 bridgehead atoms. The normalized spacial score (nSPS) is 25.6. The molecule has 0 radical (unpaired) electrons. The Labute approximate surface area is 344 Å². The second kappa shape index (κ2) is 18.0. The predicted octanol–water partition coefficient (Wildman–Crippen LogP) is 10.6. The minimum atomic E-state index is -0.125. The van der Waals surface area contributed by atoms with Crippen LogP contribution in [0.2, 0.25) is 0 Å². The molecule has 4 heterocycles. The number of piperidine rings is 3. The van der Waals surface area contributed by atoms with Gasteiger partial charge in [0, 0.05) is 58.7 Å². The number of rotatable bonds is 17. The summed E-state index contributed by atoms with van der Waals surface area (Å²) in [5, 5.41) is 6.67. The maximum absolute atomic E-state index is 6.05. The number of hydroxylamine groups is 6. The number of aromatic nitrogens is 3. The molecule has 0 aliphatic carbocycles. The fourth-order valence-corrected chi connectivity index (χ4v) is 12.8. The van der Waals surface area contributed by atoms with Gasteiger partial charge in [0.05, 0.1) is 21.3 Å². The van der Waals surface area contributed by atoms with Crippen LogP contribution in [-0.4, -0.2) is 97.8 Å². The van der Waals surface area contributed by atoms with E-state index < -0.39 is 0 Å². The van der Waals surface area contributed by atoms with Gasteiger partial charge in [-0.3, -0.25) is 0 Å². The molecule has 10 heteroatoms. The van der Waals surface area contributed by atoms with Crippen molar-refractivity contribution in [2.45, 2.75) is 232 Å². The van der Waals surface area contributed by atoms with Gasteiger partial charge in [-0.15, -0.1) is 0 Å². The van der Waals surface area contributed by atoms with Crippen LogP contribution in [0, 0.1) is 17.8 Å². The highest BCUT2D eigenvalue weighted by Gasteiger charge is 2.51. The summed E-state index contributed by atoms with van der Waals surface area (Å²) < 4.78 is 0. The smallest absolute Gasteiger partial charge is 0.228 e. The van der Waals surface area contributed by atoms with Gasteiger partial charge >= 0.3 is 0 Å². The molecule has 0 saturated carbocycles. The molecule has 2 unspecified atom stereocenters. The summed E-state index contributed by atoms with van der Waals surface area (Å²) in [6, 6.07) is 0.282. The Hall–Kier alpha value is -1.43. The highest BCUT2D eigenvalue weighted by Crippen LogP contribution is 2.49. The maximum atomic E-state index is 6.05. The van der Waals surface area contributed by atoms with Crippen LogP contribution in [0.25, 0.3) is 0 Å². The van der Waals surface area contributed by atoms with Gasteiger partial charge in [0.2, 0.25) is 5.95 Å². The first-order valence-corrected chi connectivity index (χ1v) is 22.4. The van der Waals surface area contributed by atoms with E-state index in [1.54, 1.807) is 7.11 Å². The van der Waals surface area contributed by atoms with Crippen molar-refractivity contribution in [2.75, 3.05) is 33.3 Å². The summed E-state index contributed by atoms with van der Waals surface area (Å²) in [6.07, 6.45) is 15.9. The van der Waals surface area contributed by atoms with Crippen molar-refractivity contribution in [3.63, 3.8) is 0 Å². The third kappa shape index (κ3) is 10.5. The van der Waals surface area contributed by atoms with Crippen LogP contribution in [0.15, 0.2) is 0 Å². The molecule has 0 N–H and O–H groups in total. The Morgan fingerprint density at radius 2 is 0.982 bits per heavy atom. The minimum absolute atomic E-state index is 0.0439. The second-order valence-corrected chi connectivity index (χ2v) is 21.8. The Kier molecular flexibility index (Phi) is 15.2. The molecule has 3 saturated heterocycles. The van der Waals surface area contributed by atoms with E-state index >= 15 is 0 Å². The molecule has 3 aliphatic heterocycles. The Balaban J connectivity index is 1.54. The van der Waals surface area contributed by atoms with Crippen LogP contribution in [0.1, 0.15) is 198 Å². The van der Waals surface area contributed by atoms with Gasteiger partial charge in [-0.1, -0.05) is 52.4 Å². The van der Waals surface area contributed by atoms with Crippen molar-refractivity contribution in [1.29, 1.82) is 0 Å². The number of unbranched alkanes of at least 4 members (excludes halogenated alkanes) is 3. The van der Waals surface area contributed by atoms with Crippen LogP contribution in [-0.2, 0) is 20.9 Å². The zero-order valence-corrected chi connectivity index (χ0v) is 39.6. The lowest BCUT2D eigenvalue weighted by atomic mass is 9.68. The highest BCUT2D eigenvalue weighted by molar-refractivity contribution is 5.32. The SMILES string of the molecule is CCc1nc(C(CCCCCCC(CC)C2CC(C)(C)N(OC)C(C)(C)C2)C2CC(C)(C)N(OC)C(C)(C)C2)nc(N(C)C2CC(C)(C)N(OC)C(C)(C)C2)n1. The Morgan fingerprint density at radius 1 is 0.571 bits per heavy atom. The average molecular weight is 786 g/mol. The van der Waals surface area contributed by atoms with Crippen molar-refractivity contribution in [1.82, 2.24) is 30.1 Å². The quantitative estimate of drug-likeness (QED) is 0.142. The number of hydrogen-bond donors (Lipinski definition) is 0. The third-order valence-electron chi connectivity index (χ3n) is 14.2. The van der Waals surface area contributed by atoms with Crippen molar-refractivity contribution < 1.29 is 14.5 Å². The fraction of sp³-hybridized carbons (Fsp3) is 0.935. The van der Waals surface area contributed by atoms with Crippen LogP contribution in [0.3, 0.4) is 0 Å². The van der Waals surface area contributed by atoms with Crippen molar-refractivity contribution in [2.24, 2.45) is 17.8 Å². The number of hydrogen-bond acceptors (Lipinski definition) is 10. The van der Waals surface area contributed by atoms with E-state index in [2.05, 4.69) is 124 Å². The van der Waals surface area contributed by atoms with Crippen LogP contribution in [0.5, 0.6) is 0 Å². The molecule has 0 amide bonds. The fourth-order valence-electron chi connectivity index (χ4n) is 12.8. The molecule has 3 aliphatic rings. The highest BCUT2D eigenvalue weighted by atomic mass is 16.7. The van der Waals surface area contributed by atoms with Gasteiger partial charge in [0.15, 0.2) is 0 Å². The Morgan fingerprint density at radius 3 is 1.39 bits per heavy atom. The van der Waals surface area contributed by atoms with Crippen molar-refractivity contribution in [3.8, 4) is 0 Å². The van der Waals surface area contributed by atoms with Gasteiger partial charge < -0.3 is 19.4 Å². The molecule has 0 spiro atoms. The summed E-state index contributed by atoms with van der Waals surface area (Å²) >= 11 is 0. The van der Waals surface area contributed by atoms with Crippen LogP contribution in [0.4, 0.5) is 5.95 Å². The summed E-state index contributed by atoms with van der Waals surface area (Å²) in [4.78, 5) is 36.1. The first-order valence-electron chi connectivity index (χ1n) is 22.4. The molecule has 0 aromatic carbocycles. The van der Waals surface area contributed by atoms with E-state index in [9.17, 15) is 0 Å². The topological polar surface area (TPSA) is 79.3 Å². The molecule has 3 fully saturated rings. The van der Waals surface area contributed by atoms with Gasteiger partial charge in [-0.2, -0.15) is 25.2 Å². The lowest BCUT2D eigenvalue weighted by molar-refractivity contribution is -0.274. The zero-order chi connectivity index (χ0) is 42.1. The predicted molar refractivity (Wildman–Crippen MR) is 231 cm³/mol. The molecule has 1 aromatic rings. The summed E-state index contributed by atoms with van der Waals surface area (Å²) in [7, 11) is 7.67. The standard InChI is InChI=1S/C46H87N7O3/c1-19-33(34-27-41(3,4)51(54-16)42(5,6)28-34)25-23-21-22-24-26-37(35-29-43(7,8)52(55-17)44(9,10)30-35)39-47-38(20-2)48-40(49-39)50(15)36-31-45(11,12)53(56-18)46(13,14)32-36/h33-37H,19-32H2,1-18H3. The lowest BCUT2D eigenvalue weighted by Crippen LogP contribution is -2.63. The van der Waals surface area contributed by atoms with E-state index in [4.69, 9.17) is 29.5 Å². The van der Waals surface area contributed by atoms with E-state index in [-0.39, 0.29) is 45.2 Å². The number of anilines is 1. The van der Waals surface area contributed by atoms with Gasteiger partial charge in [-0.05, 0) is 146 Å². The molecule has 10 nitrogen and oxygen atoms in total. The number of aryl methyl sites for hydroxylation is 1. The van der Waals surface area contributed by atoms with Gasteiger partial charge in [-0.25, -0.2) is 4.98 Å². The molecule has 4 rings (SSSR count). The van der Waals surface area contributed by atoms with Gasteiger partial charge in [0.1, 0.15) is 11.6 Å². The lowest BCUT2D eigenvalue weighted by Gasteiger charge is -2.55. The first kappa shape index (κ1) is 47.3. The molecule has 2 atom stereocenters.